The van der Waals surface area contributed by atoms with Crippen LogP contribution in [-0.4, -0.2) is 24.6 Å². The van der Waals surface area contributed by atoms with Gasteiger partial charge in [0.25, 0.3) is 0 Å². The third-order valence-electron chi connectivity index (χ3n) is 2.91. The fourth-order valence-corrected chi connectivity index (χ4v) is 1.94. The molecule has 1 rings (SSSR count). The summed E-state index contributed by atoms with van der Waals surface area (Å²) in [6.07, 6.45) is -0.125. The van der Waals surface area contributed by atoms with Crippen molar-refractivity contribution in [3.63, 3.8) is 0 Å². The number of halogens is 1. The van der Waals surface area contributed by atoms with Crippen LogP contribution in [0, 0.1) is 5.41 Å². The molecule has 0 bridgehead atoms. The van der Waals surface area contributed by atoms with Crippen LogP contribution >= 0.6 is 15.9 Å². The number of hydrogen-bond donors (Lipinski definition) is 2. The Hall–Kier alpha value is -1.07. The van der Waals surface area contributed by atoms with Gasteiger partial charge >= 0.3 is 0 Å². The first kappa shape index (κ1) is 17.0. The molecular formula is C15H23BrN2O2. The van der Waals surface area contributed by atoms with Gasteiger partial charge in [-0.3, -0.25) is 4.79 Å². The van der Waals surface area contributed by atoms with Gasteiger partial charge in [-0.2, -0.15) is 0 Å². The molecule has 1 aromatic rings. The van der Waals surface area contributed by atoms with Crippen LogP contribution in [0.4, 0.5) is 0 Å². The third kappa shape index (κ3) is 5.51. The summed E-state index contributed by atoms with van der Waals surface area (Å²) >= 11 is 3.39. The van der Waals surface area contributed by atoms with Gasteiger partial charge in [-0.05, 0) is 30.5 Å². The van der Waals surface area contributed by atoms with Crippen molar-refractivity contribution >= 4 is 21.8 Å². The average Bonchev–Trinajstić information content (AvgIpc) is 2.34. The topological polar surface area (TPSA) is 64.4 Å². The largest absolute Gasteiger partial charge is 0.489 e. The Morgan fingerprint density at radius 3 is 2.65 bits per heavy atom. The number of amides is 1. The third-order valence-corrected chi connectivity index (χ3v) is 3.41. The van der Waals surface area contributed by atoms with Crippen molar-refractivity contribution in [3.05, 3.63) is 28.7 Å². The highest BCUT2D eigenvalue weighted by atomic mass is 79.9. The van der Waals surface area contributed by atoms with E-state index >= 15 is 0 Å². The highest BCUT2D eigenvalue weighted by Gasteiger charge is 2.27. The maximum Gasteiger partial charge on any atom is 0.237 e. The van der Waals surface area contributed by atoms with Crippen molar-refractivity contribution in [2.75, 3.05) is 6.54 Å². The molecule has 0 saturated heterocycles. The zero-order valence-corrected chi connectivity index (χ0v) is 14.0. The average molecular weight is 343 g/mol. The van der Waals surface area contributed by atoms with E-state index in [9.17, 15) is 4.79 Å². The monoisotopic (exact) mass is 342 g/mol. The Kier molecular flexibility index (Phi) is 6.02. The second-order valence-electron chi connectivity index (χ2n) is 5.97. The maximum absolute atomic E-state index is 11.9. The molecule has 0 heterocycles. The Labute approximate surface area is 129 Å². The SMILES string of the molecule is CC(CNC(=O)[C@@H](N)C(C)(C)C)Oc1cccc(Br)c1. The zero-order chi connectivity index (χ0) is 15.3. The fraction of sp³-hybridized carbons (Fsp3) is 0.533. The maximum atomic E-state index is 11.9. The number of nitrogens with one attached hydrogen (secondary N) is 1. The van der Waals surface area contributed by atoms with Crippen molar-refractivity contribution in [2.24, 2.45) is 11.1 Å². The van der Waals surface area contributed by atoms with Gasteiger partial charge < -0.3 is 15.8 Å². The summed E-state index contributed by atoms with van der Waals surface area (Å²) in [6.45, 7) is 8.16. The number of carbonyl (C=O) groups excluding carboxylic acids is 1. The van der Waals surface area contributed by atoms with E-state index in [4.69, 9.17) is 10.5 Å². The molecule has 3 N–H and O–H groups in total. The van der Waals surface area contributed by atoms with Crippen LogP contribution in [0.3, 0.4) is 0 Å². The van der Waals surface area contributed by atoms with E-state index in [2.05, 4.69) is 21.2 Å². The highest BCUT2D eigenvalue weighted by Crippen LogP contribution is 2.19. The second-order valence-corrected chi connectivity index (χ2v) is 6.89. The van der Waals surface area contributed by atoms with Gasteiger partial charge in [0.2, 0.25) is 5.91 Å². The molecule has 0 aromatic heterocycles. The lowest BCUT2D eigenvalue weighted by molar-refractivity contribution is -0.124. The fourth-order valence-electron chi connectivity index (χ4n) is 1.56. The first-order chi connectivity index (χ1) is 9.20. The van der Waals surface area contributed by atoms with Crippen molar-refractivity contribution < 1.29 is 9.53 Å². The van der Waals surface area contributed by atoms with Crippen LogP contribution in [0.2, 0.25) is 0 Å². The summed E-state index contributed by atoms with van der Waals surface area (Å²) in [5.41, 5.74) is 5.64. The summed E-state index contributed by atoms with van der Waals surface area (Å²) < 4.78 is 6.68. The van der Waals surface area contributed by atoms with Gasteiger partial charge in [0.15, 0.2) is 0 Å². The second kappa shape index (κ2) is 7.09. The van der Waals surface area contributed by atoms with Crippen molar-refractivity contribution in [2.45, 2.75) is 39.8 Å². The lowest BCUT2D eigenvalue weighted by Crippen LogP contribution is -2.50. The first-order valence-electron chi connectivity index (χ1n) is 6.65. The molecule has 20 heavy (non-hydrogen) atoms. The molecular weight excluding hydrogens is 320 g/mol. The molecule has 0 aliphatic carbocycles. The zero-order valence-electron chi connectivity index (χ0n) is 12.4. The van der Waals surface area contributed by atoms with Crippen molar-refractivity contribution in [1.29, 1.82) is 0 Å². The minimum absolute atomic E-state index is 0.125. The predicted octanol–water partition coefficient (Wildman–Crippen LogP) is 2.71. The number of benzene rings is 1. The highest BCUT2D eigenvalue weighted by molar-refractivity contribution is 9.10. The van der Waals surface area contributed by atoms with Gasteiger partial charge in [-0.25, -0.2) is 0 Å². The molecule has 5 heteroatoms. The Morgan fingerprint density at radius 2 is 2.10 bits per heavy atom. The van der Waals surface area contributed by atoms with E-state index < -0.39 is 6.04 Å². The molecule has 0 saturated carbocycles. The number of carbonyl (C=O) groups is 1. The van der Waals surface area contributed by atoms with E-state index in [1.807, 2.05) is 52.0 Å². The summed E-state index contributed by atoms with van der Waals surface area (Å²) in [6, 6.07) is 7.08. The van der Waals surface area contributed by atoms with Gasteiger partial charge in [0, 0.05) is 4.47 Å². The molecule has 4 nitrogen and oxygen atoms in total. The normalized spacial score (nSPS) is 14.5. The first-order valence-corrected chi connectivity index (χ1v) is 7.45. The van der Waals surface area contributed by atoms with Crippen LogP contribution in [0.5, 0.6) is 5.75 Å². The van der Waals surface area contributed by atoms with Crippen LogP contribution in [0.1, 0.15) is 27.7 Å². The lowest BCUT2D eigenvalue weighted by Gasteiger charge is -2.26. The summed E-state index contributed by atoms with van der Waals surface area (Å²) in [5, 5.41) is 2.82. The van der Waals surface area contributed by atoms with E-state index in [1.54, 1.807) is 0 Å². The molecule has 112 valence electrons. The van der Waals surface area contributed by atoms with Gasteiger partial charge in [0.1, 0.15) is 11.9 Å². The smallest absolute Gasteiger partial charge is 0.237 e. The summed E-state index contributed by atoms with van der Waals surface area (Å²) in [5.74, 6) is 0.614. The number of hydrogen-bond acceptors (Lipinski definition) is 3. The van der Waals surface area contributed by atoms with E-state index in [-0.39, 0.29) is 17.4 Å². The Bertz CT molecular complexity index is 457. The molecule has 2 atom stereocenters. The Balaban J connectivity index is 2.44. The van der Waals surface area contributed by atoms with E-state index in [1.165, 1.54) is 0 Å². The van der Waals surface area contributed by atoms with Gasteiger partial charge in [0.05, 0.1) is 12.6 Å². The molecule has 1 aromatic carbocycles. The standard InChI is InChI=1S/C15H23BrN2O2/c1-10(20-12-7-5-6-11(16)8-12)9-18-14(19)13(17)15(2,3)4/h5-8,10,13H,9,17H2,1-4H3,(H,18,19)/t10?,13-/m1/s1. The van der Waals surface area contributed by atoms with Crippen LogP contribution in [0.25, 0.3) is 0 Å². The van der Waals surface area contributed by atoms with Crippen molar-refractivity contribution in [1.82, 2.24) is 5.32 Å². The van der Waals surface area contributed by atoms with Crippen LogP contribution in [0.15, 0.2) is 28.7 Å². The lowest BCUT2D eigenvalue weighted by atomic mass is 9.87. The molecule has 0 fully saturated rings. The van der Waals surface area contributed by atoms with Crippen LogP contribution in [-0.2, 0) is 4.79 Å². The molecule has 1 amide bonds. The van der Waals surface area contributed by atoms with E-state index in [0.29, 0.717) is 6.54 Å². The molecule has 0 aliphatic heterocycles. The number of ether oxygens (including phenoxy) is 1. The molecule has 0 spiro atoms. The summed E-state index contributed by atoms with van der Waals surface area (Å²) in [4.78, 5) is 11.9. The van der Waals surface area contributed by atoms with Gasteiger partial charge in [-0.1, -0.05) is 42.8 Å². The summed E-state index contributed by atoms with van der Waals surface area (Å²) in [7, 11) is 0. The predicted molar refractivity (Wildman–Crippen MR) is 84.7 cm³/mol. The van der Waals surface area contributed by atoms with Crippen LogP contribution < -0.4 is 15.8 Å². The minimum atomic E-state index is -0.527. The van der Waals surface area contributed by atoms with E-state index in [0.717, 1.165) is 10.2 Å². The minimum Gasteiger partial charge on any atom is -0.489 e. The van der Waals surface area contributed by atoms with Gasteiger partial charge in [-0.15, -0.1) is 0 Å². The molecule has 0 radical (unpaired) electrons. The number of rotatable bonds is 5. The quantitative estimate of drug-likeness (QED) is 0.864. The van der Waals surface area contributed by atoms with Crippen molar-refractivity contribution in [3.8, 4) is 5.75 Å². The molecule has 0 aliphatic rings. The Morgan fingerprint density at radius 1 is 1.45 bits per heavy atom. The molecule has 1 unspecified atom stereocenters. The number of nitrogens with two attached hydrogens (primary N) is 1.